The fraction of sp³-hybridized carbons (Fsp3) is 0.524. The van der Waals surface area contributed by atoms with E-state index in [-0.39, 0.29) is 35.2 Å². The average molecular weight is 415 g/mol. The number of benzene rings is 1. The van der Waals surface area contributed by atoms with Crippen LogP contribution in [0.2, 0.25) is 0 Å². The van der Waals surface area contributed by atoms with E-state index < -0.39 is 0 Å². The van der Waals surface area contributed by atoms with Crippen molar-refractivity contribution in [2.24, 2.45) is 0 Å². The molecule has 1 aliphatic heterocycles. The SMILES string of the molecule is CC(C)(C)c1cc(C2C=C(CCC(=O)Nc3nn[nH]n3)NO2)cc(C(C)(C)C)c1O. The van der Waals surface area contributed by atoms with Crippen molar-refractivity contribution in [1.29, 1.82) is 0 Å². The number of aromatic amines is 1. The van der Waals surface area contributed by atoms with Crippen LogP contribution in [0.3, 0.4) is 0 Å². The fourth-order valence-corrected chi connectivity index (χ4v) is 3.30. The van der Waals surface area contributed by atoms with Gasteiger partial charge in [-0.2, -0.15) is 5.21 Å². The molecule has 9 nitrogen and oxygen atoms in total. The van der Waals surface area contributed by atoms with Crippen LogP contribution in [0.5, 0.6) is 5.75 Å². The molecule has 0 bridgehead atoms. The number of amides is 1. The van der Waals surface area contributed by atoms with E-state index >= 15 is 0 Å². The average Bonchev–Trinajstić information content (AvgIpc) is 3.30. The van der Waals surface area contributed by atoms with Gasteiger partial charge in [0.25, 0.3) is 5.95 Å². The van der Waals surface area contributed by atoms with Crippen LogP contribution in [0.4, 0.5) is 5.95 Å². The maximum absolute atomic E-state index is 12.0. The third-order valence-electron chi connectivity index (χ3n) is 4.96. The molecule has 0 fully saturated rings. The summed E-state index contributed by atoms with van der Waals surface area (Å²) >= 11 is 0. The number of nitrogens with zero attached hydrogens (tertiary/aromatic N) is 3. The second-order valence-corrected chi connectivity index (χ2v) is 9.58. The highest BCUT2D eigenvalue weighted by Crippen LogP contribution is 2.42. The largest absolute Gasteiger partial charge is 0.507 e. The molecule has 4 N–H and O–H groups in total. The Morgan fingerprint density at radius 2 is 1.80 bits per heavy atom. The molecule has 2 heterocycles. The van der Waals surface area contributed by atoms with E-state index in [1.165, 1.54) is 0 Å². The van der Waals surface area contributed by atoms with Crippen molar-refractivity contribution in [1.82, 2.24) is 26.1 Å². The van der Waals surface area contributed by atoms with Crippen LogP contribution in [0.1, 0.15) is 77.2 Å². The number of phenols is 1. The zero-order valence-electron chi connectivity index (χ0n) is 18.3. The maximum atomic E-state index is 12.0. The molecule has 1 amide bonds. The number of aromatic nitrogens is 4. The zero-order chi connectivity index (χ0) is 22.1. The molecule has 1 aromatic heterocycles. The van der Waals surface area contributed by atoms with Gasteiger partial charge in [-0.05, 0) is 57.4 Å². The normalized spacial score (nSPS) is 16.9. The Labute approximate surface area is 176 Å². The van der Waals surface area contributed by atoms with Gasteiger partial charge in [-0.25, -0.2) is 0 Å². The van der Waals surface area contributed by atoms with Gasteiger partial charge in [0, 0.05) is 12.1 Å². The number of allylic oxidation sites excluding steroid dienone is 1. The summed E-state index contributed by atoms with van der Waals surface area (Å²) in [5, 5.41) is 26.5. The van der Waals surface area contributed by atoms with Crippen LogP contribution in [-0.4, -0.2) is 31.6 Å². The topological polar surface area (TPSA) is 125 Å². The first-order chi connectivity index (χ1) is 13.9. The van der Waals surface area contributed by atoms with E-state index in [1.807, 2.05) is 18.2 Å². The molecule has 1 aromatic carbocycles. The van der Waals surface area contributed by atoms with Gasteiger partial charge in [0.1, 0.15) is 11.9 Å². The molecule has 162 valence electrons. The lowest BCUT2D eigenvalue weighted by Gasteiger charge is -2.28. The van der Waals surface area contributed by atoms with Crippen LogP contribution >= 0.6 is 0 Å². The first-order valence-corrected chi connectivity index (χ1v) is 9.98. The molecule has 1 unspecified atom stereocenters. The van der Waals surface area contributed by atoms with Gasteiger partial charge in [-0.3, -0.25) is 20.4 Å². The van der Waals surface area contributed by atoms with Crippen molar-refractivity contribution >= 4 is 11.9 Å². The van der Waals surface area contributed by atoms with Gasteiger partial charge in [0.15, 0.2) is 0 Å². The quantitative estimate of drug-likeness (QED) is 0.591. The van der Waals surface area contributed by atoms with Crippen molar-refractivity contribution in [3.05, 3.63) is 40.6 Å². The standard InChI is InChI=1S/C21H30N6O3/c1-20(2,3)14-9-12(10-15(18(14)29)21(4,5)6)16-11-13(25-30-16)7-8-17(28)22-19-23-26-27-24-19/h9-11,16,25,29H,7-8H2,1-6H3,(H2,22,23,24,26,27,28). The van der Waals surface area contributed by atoms with Crippen molar-refractivity contribution in [3.8, 4) is 5.75 Å². The first-order valence-electron chi connectivity index (χ1n) is 9.98. The van der Waals surface area contributed by atoms with Crippen LogP contribution in [0.15, 0.2) is 23.9 Å². The van der Waals surface area contributed by atoms with Gasteiger partial charge < -0.3 is 5.11 Å². The van der Waals surface area contributed by atoms with Gasteiger partial charge in [-0.15, -0.1) is 5.10 Å². The molecule has 0 saturated carbocycles. The number of carbonyl (C=O) groups excluding carboxylic acids is 1. The minimum atomic E-state index is -0.303. The molecule has 9 heteroatoms. The second kappa shape index (κ2) is 8.06. The monoisotopic (exact) mass is 414 g/mol. The van der Waals surface area contributed by atoms with Gasteiger partial charge in [-0.1, -0.05) is 46.6 Å². The molecule has 1 aliphatic rings. The number of anilines is 1. The molecule has 0 radical (unpaired) electrons. The number of hydrogen-bond acceptors (Lipinski definition) is 7. The highest BCUT2D eigenvalue weighted by atomic mass is 16.7. The van der Waals surface area contributed by atoms with Gasteiger partial charge >= 0.3 is 0 Å². The van der Waals surface area contributed by atoms with E-state index in [1.54, 1.807) is 0 Å². The van der Waals surface area contributed by atoms with E-state index in [0.29, 0.717) is 12.2 Å². The molecule has 0 saturated heterocycles. The third kappa shape index (κ3) is 4.96. The zero-order valence-corrected chi connectivity index (χ0v) is 18.3. The summed E-state index contributed by atoms with van der Waals surface area (Å²) in [4.78, 5) is 17.8. The van der Waals surface area contributed by atoms with E-state index in [2.05, 4.69) is 73.0 Å². The molecule has 0 spiro atoms. The molecule has 3 rings (SSSR count). The van der Waals surface area contributed by atoms with Crippen LogP contribution in [0.25, 0.3) is 0 Å². The Bertz CT molecular complexity index is 904. The van der Waals surface area contributed by atoms with Crippen molar-refractivity contribution in [3.63, 3.8) is 0 Å². The smallest absolute Gasteiger partial charge is 0.269 e. The molecule has 2 aromatic rings. The number of carbonyl (C=O) groups is 1. The Balaban J connectivity index is 1.77. The van der Waals surface area contributed by atoms with Crippen molar-refractivity contribution < 1.29 is 14.7 Å². The lowest BCUT2D eigenvalue weighted by molar-refractivity contribution is -0.116. The maximum Gasteiger partial charge on any atom is 0.269 e. The molecule has 30 heavy (non-hydrogen) atoms. The molecular formula is C21H30N6O3. The number of phenolic OH excluding ortho intramolecular Hbond substituents is 1. The van der Waals surface area contributed by atoms with E-state index in [4.69, 9.17) is 4.84 Å². The third-order valence-corrected chi connectivity index (χ3v) is 4.96. The molecular weight excluding hydrogens is 384 g/mol. The van der Waals surface area contributed by atoms with Crippen LogP contribution in [0, 0.1) is 0 Å². The summed E-state index contributed by atoms with van der Waals surface area (Å²) in [6.07, 6.45) is 2.39. The Morgan fingerprint density at radius 1 is 1.17 bits per heavy atom. The number of aromatic hydroxyl groups is 1. The fourth-order valence-electron chi connectivity index (χ4n) is 3.30. The Morgan fingerprint density at radius 3 is 2.33 bits per heavy atom. The lowest BCUT2D eigenvalue weighted by Crippen LogP contribution is -2.19. The van der Waals surface area contributed by atoms with Gasteiger partial charge in [0.05, 0.1) is 0 Å². The number of rotatable bonds is 5. The van der Waals surface area contributed by atoms with Crippen LogP contribution < -0.4 is 10.8 Å². The van der Waals surface area contributed by atoms with Crippen molar-refractivity contribution in [2.45, 2.75) is 71.3 Å². The predicted molar refractivity (Wildman–Crippen MR) is 113 cm³/mol. The summed E-state index contributed by atoms with van der Waals surface area (Å²) in [5.74, 6) is 0.278. The highest BCUT2D eigenvalue weighted by Gasteiger charge is 2.29. The minimum Gasteiger partial charge on any atom is -0.507 e. The summed E-state index contributed by atoms with van der Waals surface area (Å²) < 4.78 is 0. The summed E-state index contributed by atoms with van der Waals surface area (Å²) in [7, 11) is 0. The number of H-pyrrole nitrogens is 1. The number of hydrogen-bond donors (Lipinski definition) is 4. The second-order valence-electron chi connectivity index (χ2n) is 9.58. The first kappa shape index (κ1) is 21.8. The lowest BCUT2D eigenvalue weighted by atomic mass is 9.78. The van der Waals surface area contributed by atoms with E-state index in [0.717, 1.165) is 22.4 Å². The van der Waals surface area contributed by atoms with Crippen LogP contribution in [-0.2, 0) is 20.5 Å². The molecule has 1 atom stereocenters. The Hall–Kier alpha value is -2.94. The number of tetrazole rings is 1. The number of nitrogens with one attached hydrogen (secondary N) is 3. The van der Waals surface area contributed by atoms with E-state index in [9.17, 15) is 9.90 Å². The number of hydroxylamine groups is 1. The highest BCUT2D eigenvalue weighted by molar-refractivity contribution is 5.88. The van der Waals surface area contributed by atoms with Gasteiger partial charge in [0.2, 0.25) is 5.91 Å². The summed E-state index contributed by atoms with van der Waals surface area (Å²) in [5.41, 5.74) is 6.04. The summed E-state index contributed by atoms with van der Waals surface area (Å²) in [6, 6.07) is 4.00. The molecule has 0 aliphatic carbocycles. The summed E-state index contributed by atoms with van der Waals surface area (Å²) in [6.45, 7) is 12.5. The predicted octanol–water partition coefficient (Wildman–Crippen LogP) is 3.38. The minimum absolute atomic E-state index is 0.149. The Kier molecular flexibility index (Phi) is 5.85. The van der Waals surface area contributed by atoms with Crippen molar-refractivity contribution in [2.75, 3.05) is 5.32 Å².